The van der Waals surface area contributed by atoms with E-state index in [1.165, 1.54) is 5.56 Å². The molecule has 0 radical (unpaired) electrons. The molecule has 3 aromatic carbocycles. The third kappa shape index (κ3) is 6.30. The lowest BCUT2D eigenvalue weighted by Gasteiger charge is -2.31. The fourth-order valence-electron chi connectivity index (χ4n) is 4.29. The lowest BCUT2D eigenvalue weighted by Crippen LogP contribution is -2.43. The van der Waals surface area contributed by atoms with Gasteiger partial charge in [0.05, 0.1) is 12.6 Å². The van der Waals surface area contributed by atoms with E-state index in [1.54, 1.807) is 0 Å². The Morgan fingerprint density at radius 2 is 1.42 bits per heavy atom. The number of nitrogens with one attached hydrogen (secondary N) is 2. The summed E-state index contributed by atoms with van der Waals surface area (Å²) in [5.74, 6) is 0.0752. The van der Waals surface area contributed by atoms with Crippen LogP contribution in [0.5, 0.6) is 0 Å². The van der Waals surface area contributed by atoms with Crippen LogP contribution in [0.3, 0.4) is 0 Å². The summed E-state index contributed by atoms with van der Waals surface area (Å²) < 4.78 is 0. The van der Waals surface area contributed by atoms with Crippen LogP contribution in [-0.4, -0.2) is 36.3 Å². The number of hydrogen-bond acceptors (Lipinski definition) is 3. The van der Waals surface area contributed by atoms with Crippen molar-refractivity contribution in [2.45, 2.75) is 25.8 Å². The quantitative estimate of drug-likeness (QED) is 0.549. The van der Waals surface area contributed by atoms with E-state index in [0.29, 0.717) is 6.54 Å². The number of amides is 2. The van der Waals surface area contributed by atoms with Crippen LogP contribution in [0, 0.1) is 5.92 Å². The topological polar surface area (TPSA) is 61.4 Å². The van der Waals surface area contributed by atoms with Crippen molar-refractivity contribution in [3.8, 4) is 11.1 Å². The largest absolute Gasteiger partial charge is 0.348 e. The third-order valence-electron chi connectivity index (χ3n) is 6.26. The van der Waals surface area contributed by atoms with Crippen molar-refractivity contribution in [2.75, 3.05) is 25.0 Å². The summed E-state index contributed by atoms with van der Waals surface area (Å²) in [6.45, 7) is 3.87. The zero-order chi connectivity index (χ0) is 23.0. The third-order valence-corrected chi connectivity index (χ3v) is 6.26. The SMILES string of the molecule is CC(NC(=O)CN1CCC(C(=O)Nc2ccccc2)CC1)c1ccc(-c2ccccc2)cc1. The fraction of sp³-hybridized carbons (Fsp3) is 0.286. The van der Waals surface area contributed by atoms with Gasteiger partial charge in [0.2, 0.25) is 11.8 Å². The second-order valence-corrected chi connectivity index (χ2v) is 8.68. The summed E-state index contributed by atoms with van der Waals surface area (Å²) in [5, 5.41) is 6.10. The van der Waals surface area contributed by atoms with Gasteiger partial charge in [-0.15, -0.1) is 0 Å². The van der Waals surface area contributed by atoms with Gasteiger partial charge < -0.3 is 10.6 Å². The standard InChI is InChI=1S/C28H31N3O2/c1-21(22-12-14-24(15-13-22)23-8-4-2-5-9-23)29-27(32)20-31-18-16-25(17-19-31)28(33)30-26-10-6-3-7-11-26/h2-15,21,25H,16-20H2,1H3,(H,29,32)(H,30,33). The van der Waals surface area contributed by atoms with Gasteiger partial charge >= 0.3 is 0 Å². The maximum atomic E-state index is 12.6. The first-order valence-corrected chi connectivity index (χ1v) is 11.6. The molecule has 1 atom stereocenters. The molecule has 0 aromatic heterocycles. The van der Waals surface area contributed by atoms with Gasteiger partial charge in [0.15, 0.2) is 0 Å². The van der Waals surface area contributed by atoms with Crippen LogP contribution in [0.4, 0.5) is 5.69 Å². The van der Waals surface area contributed by atoms with Gasteiger partial charge in [0.1, 0.15) is 0 Å². The lowest BCUT2D eigenvalue weighted by atomic mass is 9.95. The number of likely N-dealkylation sites (tertiary alicyclic amines) is 1. The summed E-state index contributed by atoms with van der Waals surface area (Å²) in [7, 11) is 0. The van der Waals surface area contributed by atoms with Gasteiger partial charge in [0, 0.05) is 11.6 Å². The Balaban J connectivity index is 1.22. The van der Waals surface area contributed by atoms with Crippen LogP contribution in [0.2, 0.25) is 0 Å². The number of carbonyl (C=O) groups excluding carboxylic acids is 2. The van der Waals surface area contributed by atoms with Gasteiger partial charge in [-0.1, -0.05) is 72.8 Å². The van der Waals surface area contributed by atoms with Crippen LogP contribution in [0.15, 0.2) is 84.9 Å². The van der Waals surface area contributed by atoms with E-state index in [0.717, 1.165) is 42.7 Å². The van der Waals surface area contributed by atoms with E-state index >= 15 is 0 Å². The predicted molar refractivity (Wildman–Crippen MR) is 133 cm³/mol. The van der Waals surface area contributed by atoms with Gasteiger partial charge in [0.25, 0.3) is 0 Å². The Bertz CT molecular complexity index is 1040. The van der Waals surface area contributed by atoms with Crippen molar-refractivity contribution in [2.24, 2.45) is 5.92 Å². The van der Waals surface area contributed by atoms with Crippen LogP contribution in [-0.2, 0) is 9.59 Å². The first-order chi connectivity index (χ1) is 16.1. The van der Waals surface area contributed by atoms with E-state index < -0.39 is 0 Å². The molecule has 1 unspecified atom stereocenters. The molecule has 1 aliphatic rings. The zero-order valence-electron chi connectivity index (χ0n) is 19.0. The minimum Gasteiger partial charge on any atom is -0.348 e. The van der Waals surface area contributed by atoms with Gasteiger partial charge in [-0.2, -0.15) is 0 Å². The molecular weight excluding hydrogens is 410 g/mol. The van der Waals surface area contributed by atoms with Crippen LogP contribution >= 0.6 is 0 Å². The molecule has 2 amide bonds. The van der Waals surface area contributed by atoms with E-state index in [-0.39, 0.29) is 23.8 Å². The number of anilines is 1. The van der Waals surface area contributed by atoms with Crippen molar-refractivity contribution in [3.05, 3.63) is 90.5 Å². The average Bonchev–Trinajstić information content (AvgIpc) is 2.85. The molecule has 1 heterocycles. The van der Waals surface area contributed by atoms with E-state index in [1.807, 2.05) is 55.5 Å². The molecule has 0 aliphatic carbocycles. The Morgan fingerprint density at radius 1 is 0.848 bits per heavy atom. The minimum atomic E-state index is -0.0588. The molecule has 1 saturated heterocycles. The minimum absolute atomic E-state index is 0.00781. The molecule has 1 aliphatic heterocycles. The molecule has 0 spiro atoms. The molecule has 170 valence electrons. The Labute approximate surface area is 195 Å². The van der Waals surface area contributed by atoms with Crippen molar-refractivity contribution in [1.29, 1.82) is 0 Å². The number of carbonyl (C=O) groups is 2. The summed E-state index contributed by atoms with van der Waals surface area (Å²) in [6.07, 6.45) is 1.53. The summed E-state index contributed by atoms with van der Waals surface area (Å²) in [4.78, 5) is 27.2. The summed E-state index contributed by atoms with van der Waals surface area (Å²) >= 11 is 0. The molecular formula is C28H31N3O2. The van der Waals surface area contributed by atoms with Gasteiger partial charge in [-0.3, -0.25) is 14.5 Å². The first-order valence-electron chi connectivity index (χ1n) is 11.6. The zero-order valence-corrected chi connectivity index (χ0v) is 19.0. The number of nitrogens with zero attached hydrogens (tertiary/aromatic N) is 1. The number of piperidine rings is 1. The van der Waals surface area contributed by atoms with Gasteiger partial charge in [-0.25, -0.2) is 0 Å². The van der Waals surface area contributed by atoms with E-state index in [2.05, 4.69) is 51.9 Å². The van der Waals surface area contributed by atoms with Crippen LogP contribution < -0.4 is 10.6 Å². The Morgan fingerprint density at radius 3 is 2.06 bits per heavy atom. The highest BCUT2D eigenvalue weighted by Crippen LogP contribution is 2.22. The Hall–Kier alpha value is -3.44. The van der Waals surface area contributed by atoms with Crippen molar-refractivity contribution < 1.29 is 9.59 Å². The second-order valence-electron chi connectivity index (χ2n) is 8.68. The number of hydrogen-bond donors (Lipinski definition) is 2. The van der Waals surface area contributed by atoms with E-state index in [9.17, 15) is 9.59 Å². The molecule has 0 bridgehead atoms. The monoisotopic (exact) mass is 441 g/mol. The molecule has 5 nitrogen and oxygen atoms in total. The number of rotatable bonds is 7. The van der Waals surface area contributed by atoms with Crippen molar-refractivity contribution in [3.63, 3.8) is 0 Å². The smallest absolute Gasteiger partial charge is 0.234 e. The molecule has 4 rings (SSSR count). The second kappa shape index (κ2) is 10.9. The van der Waals surface area contributed by atoms with Gasteiger partial charge in [-0.05, 0) is 61.7 Å². The summed E-state index contributed by atoms with van der Waals surface area (Å²) in [6, 6.07) is 28.1. The van der Waals surface area contributed by atoms with Crippen LogP contribution in [0.25, 0.3) is 11.1 Å². The molecule has 2 N–H and O–H groups in total. The van der Waals surface area contributed by atoms with Crippen molar-refractivity contribution in [1.82, 2.24) is 10.2 Å². The first kappa shape index (κ1) is 22.7. The molecule has 1 fully saturated rings. The highest BCUT2D eigenvalue weighted by molar-refractivity contribution is 5.92. The van der Waals surface area contributed by atoms with E-state index in [4.69, 9.17) is 0 Å². The molecule has 3 aromatic rings. The highest BCUT2D eigenvalue weighted by Gasteiger charge is 2.26. The number of para-hydroxylation sites is 1. The maximum Gasteiger partial charge on any atom is 0.234 e. The van der Waals surface area contributed by atoms with Crippen LogP contribution in [0.1, 0.15) is 31.4 Å². The fourth-order valence-corrected chi connectivity index (χ4v) is 4.29. The Kier molecular flexibility index (Phi) is 7.53. The average molecular weight is 442 g/mol. The molecule has 33 heavy (non-hydrogen) atoms. The normalized spacial score (nSPS) is 15.5. The lowest BCUT2D eigenvalue weighted by molar-refractivity contribution is -0.124. The number of benzene rings is 3. The van der Waals surface area contributed by atoms with Crippen molar-refractivity contribution >= 4 is 17.5 Å². The highest BCUT2D eigenvalue weighted by atomic mass is 16.2. The molecule has 5 heteroatoms. The maximum absolute atomic E-state index is 12.6. The predicted octanol–water partition coefficient (Wildman–Crippen LogP) is 4.88. The summed E-state index contributed by atoms with van der Waals surface area (Å²) in [5.41, 5.74) is 4.26. The molecule has 0 saturated carbocycles.